The molecule has 0 atom stereocenters. The third-order valence-corrected chi connectivity index (χ3v) is 0. The Morgan fingerprint density at radius 2 is 0.889 bits per heavy atom. The standard InChI is InChI=1S/3Ca.H3O4P.H2O/c;;;1-5(2,3)4;/h;;;(H3,1,2,3,4);1H2/q3*+2;;/p-3. The van der Waals surface area contributed by atoms with Gasteiger partial charge in [-0.2, -0.15) is 7.82 Å². The van der Waals surface area contributed by atoms with Crippen molar-refractivity contribution in [1.29, 1.82) is 0 Å². The van der Waals surface area contributed by atoms with E-state index in [1.807, 2.05) is 0 Å². The van der Waals surface area contributed by atoms with E-state index in [0.29, 0.717) is 0 Å². The van der Waals surface area contributed by atoms with E-state index >= 15 is 0 Å². The van der Waals surface area contributed by atoms with Gasteiger partial charge >= 0.3 is 113 Å². The summed E-state index contributed by atoms with van der Waals surface area (Å²) in [7, 11) is -5.39. The molecule has 0 aliphatic carbocycles. The number of phosphoric acid groups is 1. The summed E-state index contributed by atoms with van der Waals surface area (Å²) in [6.07, 6.45) is 0. The second-order valence-corrected chi connectivity index (χ2v) is 1.34. The van der Waals surface area contributed by atoms with Gasteiger partial charge in [0, 0.05) is 0 Å². The Balaban J connectivity index is -0.0000000133. The third kappa shape index (κ3) is 77.6. The predicted octanol–water partition coefficient (Wildman–Crippen LogP) is -4.79. The first-order valence-corrected chi connectivity index (χ1v) is 2.19. The van der Waals surface area contributed by atoms with Gasteiger partial charge in [0.05, 0.1) is 0 Å². The second-order valence-electron chi connectivity index (χ2n) is 0.447. The van der Waals surface area contributed by atoms with Crippen LogP contribution in [0.2, 0.25) is 0 Å². The normalized spacial score (nSPS) is 6.56. The van der Waals surface area contributed by atoms with Crippen LogP contribution in [-0.4, -0.2) is 119 Å². The molecule has 40 valence electrons. The van der Waals surface area contributed by atoms with E-state index < -0.39 is 7.82 Å². The first-order valence-electron chi connectivity index (χ1n) is 0.730. The van der Waals surface area contributed by atoms with Crippen LogP contribution in [0.3, 0.4) is 0 Å². The third-order valence-electron chi connectivity index (χ3n) is 0. The summed E-state index contributed by atoms with van der Waals surface area (Å²) in [4.78, 5) is 25.6. The zero-order valence-electron chi connectivity index (χ0n) is 4.70. The van der Waals surface area contributed by atoms with Crippen molar-refractivity contribution in [2.45, 2.75) is 0 Å². The fourth-order valence-corrected chi connectivity index (χ4v) is 0. The monoisotopic (exact) mass is 233 g/mol. The smallest absolute Gasteiger partial charge is 0.822 e. The minimum absolute atomic E-state index is 0. The van der Waals surface area contributed by atoms with Crippen molar-refractivity contribution in [2.24, 2.45) is 0 Å². The molecule has 0 aromatic heterocycles. The van der Waals surface area contributed by atoms with Crippen LogP contribution in [0.15, 0.2) is 0 Å². The number of hydrogen-bond donors (Lipinski definition) is 0. The topological polar surface area (TPSA) is 118 Å². The Morgan fingerprint density at radius 1 is 0.889 bits per heavy atom. The molecule has 0 bridgehead atoms. The Hall–Kier alpha value is 3.85. The maximum atomic E-state index is 8.55. The van der Waals surface area contributed by atoms with Crippen molar-refractivity contribution in [3.63, 3.8) is 0 Å². The summed E-state index contributed by atoms with van der Waals surface area (Å²) in [6, 6.07) is 0. The van der Waals surface area contributed by atoms with Crippen LogP contribution in [-0.2, 0) is 4.57 Å². The quantitative estimate of drug-likeness (QED) is 0.308. The van der Waals surface area contributed by atoms with Crippen molar-refractivity contribution >= 4 is 121 Å². The predicted molar refractivity (Wildman–Crippen MR) is 28.5 cm³/mol. The molecule has 0 fully saturated rings. The first-order chi connectivity index (χ1) is 2.00. The molecule has 0 saturated carbocycles. The summed E-state index contributed by atoms with van der Waals surface area (Å²) in [5.41, 5.74) is 0. The maximum Gasteiger partial charge on any atom is 2.00 e. The van der Waals surface area contributed by atoms with Crippen LogP contribution in [0.4, 0.5) is 0 Å². The molecular weight excluding hydrogens is 231 g/mol. The SMILES string of the molecule is O.O=P([O-])([O-])[O-].[Ca+2].[Ca+2].[Ca+2]. The van der Waals surface area contributed by atoms with Crippen LogP contribution >= 0.6 is 7.82 Å². The molecule has 0 aliphatic rings. The Labute approximate surface area is 142 Å². The average Bonchev–Trinajstić information content (AvgIpc) is 0.722. The molecule has 0 aromatic carbocycles. The Morgan fingerprint density at radius 3 is 0.889 bits per heavy atom. The molecule has 5 nitrogen and oxygen atoms in total. The van der Waals surface area contributed by atoms with E-state index in [0.717, 1.165) is 0 Å². The van der Waals surface area contributed by atoms with E-state index in [1.165, 1.54) is 0 Å². The maximum absolute atomic E-state index is 8.55. The molecular formula is H2Ca3O5P+3. The zero-order valence-corrected chi connectivity index (χ0v) is 12.2. The Kier molecular flexibility index (Phi) is 46.8. The van der Waals surface area contributed by atoms with E-state index in [9.17, 15) is 0 Å². The van der Waals surface area contributed by atoms with Crippen molar-refractivity contribution in [3.8, 4) is 0 Å². The van der Waals surface area contributed by atoms with Crippen LogP contribution in [0.25, 0.3) is 0 Å². The Bertz CT molecular complexity index is 58.3. The molecule has 0 amide bonds. The van der Waals surface area contributed by atoms with E-state index in [1.54, 1.807) is 0 Å². The van der Waals surface area contributed by atoms with Gasteiger partial charge in [0.15, 0.2) is 0 Å². The minimum Gasteiger partial charge on any atom is -0.822 e. The number of rotatable bonds is 0. The summed E-state index contributed by atoms with van der Waals surface area (Å²) >= 11 is 0. The molecule has 0 radical (unpaired) electrons. The van der Waals surface area contributed by atoms with Gasteiger partial charge in [0.25, 0.3) is 0 Å². The molecule has 2 N–H and O–H groups in total. The first kappa shape index (κ1) is 29.3. The molecule has 0 saturated heterocycles. The van der Waals surface area contributed by atoms with Crippen LogP contribution in [0.1, 0.15) is 0 Å². The van der Waals surface area contributed by atoms with Gasteiger partial charge in [-0.1, -0.05) is 0 Å². The number of hydrogen-bond acceptors (Lipinski definition) is 4. The van der Waals surface area contributed by atoms with Gasteiger partial charge in [-0.25, -0.2) is 0 Å². The molecule has 0 spiro atoms. The van der Waals surface area contributed by atoms with Crippen molar-refractivity contribution in [1.82, 2.24) is 0 Å². The average molecular weight is 233 g/mol. The summed E-state index contributed by atoms with van der Waals surface area (Å²) in [6.45, 7) is 0. The van der Waals surface area contributed by atoms with E-state index in [4.69, 9.17) is 19.2 Å². The van der Waals surface area contributed by atoms with E-state index in [2.05, 4.69) is 0 Å². The van der Waals surface area contributed by atoms with Crippen molar-refractivity contribution in [3.05, 3.63) is 0 Å². The largest absolute Gasteiger partial charge is 2.00 e. The zero-order chi connectivity index (χ0) is 4.50. The summed E-state index contributed by atoms with van der Waals surface area (Å²) in [5, 5.41) is 0. The van der Waals surface area contributed by atoms with Crippen LogP contribution in [0.5, 0.6) is 0 Å². The van der Waals surface area contributed by atoms with E-state index in [-0.39, 0.29) is 119 Å². The molecule has 0 rings (SSSR count). The molecule has 0 aliphatic heterocycles. The molecule has 9 heavy (non-hydrogen) atoms. The molecule has 0 aromatic rings. The van der Waals surface area contributed by atoms with Crippen molar-refractivity contribution < 1.29 is 24.7 Å². The fraction of sp³-hybridized carbons (Fsp3) is 0. The van der Waals surface area contributed by atoms with Gasteiger partial charge in [-0.15, -0.1) is 0 Å². The van der Waals surface area contributed by atoms with Crippen LogP contribution < -0.4 is 14.7 Å². The summed E-state index contributed by atoms with van der Waals surface area (Å²) < 4.78 is 8.55. The fourth-order valence-electron chi connectivity index (χ4n) is 0. The van der Waals surface area contributed by atoms with Crippen LogP contribution in [0, 0.1) is 0 Å². The summed E-state index contributed by atoms with van der Waals surface area (Å²) in [5.74, 6) is 0. The second kappa shape index (κ2) is 14.4. The molecule has 9 heteroatoms. The van der Waals surface area contributed by atoms with Crippen molar-refractivity contribution in [2.75, 3.05) is 0 Å². The van der Waals surface area contributed by atoms with Gasteiger partial charge in [-0.05, 0) is 0 Å². The van der Waals surface area contributed by atoms with Gasteiger partial charge in [0.2, 0.25) is 0 Å². The molecule has 0 heterocycles. The van der Waals surface area contributed by atoms with Gasteiger partial charge < -0.3 is 24.7 Å². The van der Waals surface area contributed by atoms with Gasteiger partial charge in [0.1, 0.15) is 0 Å². The van der Waals surface area contributed by atoms with Gasteiger partial charge in [-0.3, -0.25) is 0 Å². The molecule has 0 unspecified atom stereocenters. The minimum atomic E-state index is -5.39.